The van der Waals surface area contributed by atoms with Gasteiger partial charge >= 0.3 is 0 Å². The molecule has 1 saturated heterocycles. The van der Waals surface area contributed by atoms with E-state index in [-0.39, 0.29) is 0 Å². The van der Waals surface area contributed by atoms with E-state index in [0.29, 0.717) is 11.1 Å². The maximum Gasteiger partial charge on any atom is 0.139 e. The number of ether oxygens (including phenoxy) is 1. The van der Waals surface area contributed by atoms with E-state index in [1.807, 2.05) is 18.2 Å². The number of nitrogens with one attached hydrogen (secondary N) is 1. The highest BCUT2D eigenvalue weighted by Crippen LogP contribution is 2.28. The number of rotatable bonds is 5. The molecule has 0 saturated carbocycles. The van der Waals surface area contributed by atoms with E-state index >= 15 is 0 Å². The minimum Gasteiger partial charge on any atom is -0.492 e. The standard InChI is InChI=1S/C13H17BrClNO/c14-10-5-6-12(15)13(9-10)17-8-2-4-11-3-1-7-16-11/h5-6,9,11,16H,1-4,7-8H2. The molecule has 1 N–H and O–H groups in total. The van der Waals surface area contributed by atoms with E-state index in [0.717, 1.165) is 23.2 Å². The Morgan fingerprint density at radius 3 is 3.12 bits per heavy atom. The van der Waals surface area contributed by atoms with Gasteiger partial charge in [0, 0.05) is 10.5 Å². The third kappa shape index (κ3) is 4.16. The average Bonchev–Trinajstić information content (AvgIpc) is 2.82. The van der Waals surface area contributed by atoms with Gasteiger partial charge in [-0.2, -0.15) is 0 Å². The summed E-state index contributed by atoms with van der Waals surface area (Å²) in [7, 11) is 0. The third-order valence-electron chi connectivity index (χ3n) is 3.01. The van der Waals surface area contributed by atoms with Crippen molar-refractivity contribution in [1.29, 1.82) is 0 Å². The van der Waals surface area contributed by atoms with E-state index in [1.54, 1.807) is 0 Å². The van der Waals surface area contributed by atoms with Gasteiger partial charge in [-0.15, -0.1) is 0 Å². The number of hydrogen-bond acceptors (Lipinski definition) is 2. The highest BCUT2D eigenvalue weighted by atomic mass is 79.9. The lowest BCUT2D eigenvalue weighted by Crippen LogP contribution is -2.21. The van der Waals surface area contributed by atoms with Crippen LogP contribution >= 0.6 is 27.5 Å². The summed E-state index contributed by atoms with van der Waals surface area (Å²) in [5.41, 5.74) is 0. The predicted octanol–water partition coefficient (Wildman–Crippen LogP) is 4.01. The molecule has 0 aromatic heterocycles. The first-order valence-electron chi connectivity index (χ1n) is 6.07. The van der Waals surface area contributed by atoms with Crippen molar-refractivity contribution < 1.29 is 4.74 Å². The molecule has 0 aliphatic carbocycles. The van der Waals surface area contributed by atoms with Gasteiger partial charge in [-0.1, -0.05) is 27.5 Å². The van der Waals surface area contributed by atoms with Gasteiger partial charge in [-0.05, 0) is 50.4 Å². The summed E-state index contributed by atoms with van der Waals surface area (Å²) >= 11 is 9.45. The van der Waals surface area contributed by atoms with Crippen molar-refractivity contribution >= 4 is 27.5 Å². The second-order valence-corrected chi connectivity index (χ2v) is 5.68. The van der Waals surface area contributed by atoms with Crippen LogP contribution in [0.1, 0.15) is 25.7 Å². The van der Waals surface area contributed by atoms with Crippen molar-refractivity contribution in [2.45, 2.75) is 31.7 Å². The lowest BCUT2D eigenvalue weighted by atomic mass is 10.1. The first-order chi connectivity index (χ1) is 8.25. The van der Waals surface area contributed by atoms with Gasteiger partial charge in [0.25, 0.3) is 0 Å². The van der Waals surface area contributed by atoms with Crippen LogP contribution in [0, 0.1) is 0 Å². The molecule has 4 heteroatoms. The Morgan fingerprint density at radius 2 is 2.35 bits per heavy atom. The lowest BCUT2D eigenvalue weighted by Gasteiger charge is -2.11. The molecule has 1 aliphatic heterocycles. The first kappa shape index (κ1) is 13.2. The normalized spacial score (nSPS) is 19.5. The Labute approximate surface area is 116 Å². The monoisotopic (exact) mass is 317 g/mol. The van der Waals surface area contributed by atoms with E-state index < -0.39 is 0 Å². The number of hydrogen-bond donors (Lipinski definition) is 1. The Kier molecular flexibility index (Phi) is 5.14. The minimum atomic E-state index is 0.673. The fourth-order valence-corrected chi connectivity index (χ4v) is 2.61. The van der Waals surface area contributed by atoms with Gasteiger partial charge in [-0.3, -0.25) is 0 Å². The molecule has 0 spiro atoms. The molecule has 17 heavy (non-hydrogen) atoms. The molecule has 1 aliphatic rings. The van der Waals surface area contributed by atoms with Crippen molar-refractivity contribution in [2.24, 2.45) is 0 Å². The molecule has 1 fully saturated rings. The Balaban J connectivity index is 1.72. The second kappa shape index (κ2) is 6.62. The van der Waals surface area contributed by atoms with Gasteiger partial charge in [0.05, 0.1) is 11.6 Å². The molecule has 0 bridgehead atoms. The molecule has 0 amide bonds. The summed E-state index contributed by atoms with van der Waals surface area (Å²) in [4.78, 5) is 0. The van der Waals surface area contributed by atoms with Crippen LogP contribution in [0.3, 0.4) is 0 Å². The Bertz CT molecular complexity index is 366. The number of halogens is 2. The van der Waals surface area contributed by atoms with Crippen LogP contribution in [-0.2, 0) is 0 Å². The maximum atomic E-state index is 6.04. The highest BCUT2D eigenvalue weighted by Gasteiger charge is 2.13. The summed E-state index contributed by atoms with van der Waals surface area (Å²) < 4.78 is 6.68. The first-order valence-corrected chi connectivity index (χ1v) is 7.24. The van der Waals surface area contributed by atoms with Crippen molar-refractivity contribution in [1.82, 2.24) is 5.32 Å². The van der Waals surface area contributed by atoms with Crippen molar-refractivity contribution in [2.75, 3.05) is 13.2 Å². The van der Waals surface area contributed by atoms with Crippen LogP contribution in [0.4, 0.5) is 0 Å². The second-order valence-electron chi connectivity index (χ2n) is 4.36. The topological polar surface area (TPSA) is 21.3 Å². The van der Waals surface area contributed by atoms with Gasteiger partial charge in [-0.25, -0.2) is 0 Å². The minimum absolute atomic E-state index is 0.673. The quantitative estimate of drug-likeness (QED) is 0.828. The van der Waals surface area contributed by atoms with Crippen LogP contribution in [0.2, 0.25) is 5.02 Å². The van der Waals surface area contributed by atoms with Crippen LogP contribution in [0.25, 0.3) is 0 Å². The zero-order valence-corrected chi connectivity index (χ0v) is 12.1. The lowest BCUT2D eigenvalue weighted by molar-refractivity contribution is 0.299. The summed E-state index contributed by atoms with van der Waals surface area (Å²) in [6.07, 6.45) is 4.87. The molecule has 2 rings (SSSR count). The predicted molar refractivity (Wildman–Crippen MR) is 74.9 cm³/mol. The summed E-state index contributed by atoms with van der Waals surface area (Å²) in [5.74, 6) is 0.764. The molecule has 1 aromatic rings. The molecule has 1 atom stereocenters. The van der Waals surface area contributed by atoms with E-state index in [1.165, 1.54) is 25.8 Å². The Morgan fingerprint density at radius 1 is 1.47 bits per heavy atom. The molecular weight excluding hydrogens is 302 g/mol. The van der Waals surface area contributed by atoms with Gasteiger partial charge in [0.1, 0.15) is 5.75 Å². The highest BCUT2D eigenvalue weighted by molar-refractivity contribution is 9.10. The molecular formula is C13H17BrClNO. The summed E-state index contributed by atoms with van der Waals surface area (Å²) in [5, 5.41) is 4.16. The third-order valence-corrected chi connectivity index (χ3v) is 3.82. The smallest absolute Gasteiger partial charge is 0.139 e. The molecule has 94 valence electrons. The molecule has 0 radical (unpaired) electrons. The van der Waals surface area contributed by atoms with Gasteiger partial charge in [0.15, 0.2) is 0 Å². The van der Waals surface area contributed by atoms with E-state index in [2.05, 4.69) is 21.2 Å². The molecule has 1 aromatic carbocycles. The number of benzene rings is 1. The van der Waals surface area contributed by atoms with Gasteiger partial charge in [0.2, 0.25) is 0 Å². The van der Waals surface area contributed by atoms with Crippen LogP contribution in [-0.4, -0.2) is 19.2 Å². The van der Waals surface area contributed by atoms with Crippen molar-refractivity contribution in [3.05, 3.63) is 27.7 Å². The van der Waals surface area contributed by atoms with E-state index in [9.17, 15) is 0 Å². The molecule has 1 heterocycles. The zero-order valence-electron chi connectivity index (χ0n) is 9.72. The maximum absolute atomic E-state index is 6.04. The van der Waals surface area contributed by atoms with Crippen molar-refractivity contribution in [3.8, 4) is 5.75 Å². The van der Waals surface area contributed by atoms with Crippen molar-refractivity contribution in [3.63, 3.8) is 0 Å². The fraction of sp³-hybridized carbons (Fsp3) is 0.538. The van der Waals surface area contributed by atoms with Crippen LogP contribution in [0.5, 0.6) is 5.75 Å². The SMILES string of the molecule is Clc1ccc(Br)cc1OCCCC1CCCN1. The van der Waals surface area contributed by atoms with Crippen LogP contribution < -0.4 is 10.1 Å². The zero-order chi connectivity index (χ0) is 12.1. The summed E-state index contributed by atoms with van der Waals surface area (Å²) in [6, 6.07) is 6.37. The molecule has 1 unspecified atom stereocenters. The van der Waals surface area contributed by atoms with Gasteiger partial charge < -0.3 is 10.1 Å². The van der Waals surface area contributed by atoms with Crippen LogP contribution in [0.15, 0.2) is 22.7 Å². The summed E-state index contributed by atoms with van der Waals surface area (Å²) in [6.45, 7) is 1.90. The molecule has 2 nitrogen and oxygen atoms in total. The average molecular weight is 319 g/mol. The van der Waals surface area contributed by atoms with E-state index in [4.69, 9.17) is 16.3 Å². The fourth-order valence-electron chi connectivity index (χ4n) is 2.10. The Hall–Kier alpha value is -0.250. The largest absolute Gasteiger partial charge is 0.492 e.